The second kappa shape index (κ2) is 8.59. The largest absolute Gasteiger partial charge is 0.494 e. The van der Waals surface area contributed by atoms with E-state index in [2.05, 4.69) is 11.9 Å². The van der Waals surface area contributed by atoms with Crippen molar-refractivity contribution in [3.63, 3.8) is 0 Å². The van der Waals surface area contributed by atoms with Crippen molar-refractivity contribution in [1.82, 2.24) is 9.47 Å². The Bertz CT molecular complexity index is 1230. The van der Waals surface area contributed by atoms with E-state index >= 15 is 0 Å². The molecule has 0 amide bonds. The molecule has 7 heteroatoms. The molecular weight excluding hydrogens is 404 g/mol. The highest BCUT2D eigenvalue weighted by Crippen LogP contribution is 2.35. The van der Waals surface area contributed by atoms with Crippen LogP contribution in [0.15, 0.2) is 47.5 Å². The average Bonchev–Trinajstić information content (AvgIpc) is 3.04. The smallest absolute Gasteiger partial charge is 0.230 e. The third-order valence-corrected chi connectivity index (χ3v) is 6.06. The number of benzene rings is 2. The molecular formula is C25H28N4O3. The van der Waals surface area contributed by atoms with Crippen LogP contribution in [0.25, 0.3) is 10.9 Å². The van der Waals surface area contributed by atoms with Gasteiger partial charge in [0.15, 0.2) is 5.78 Å². The van der Waals surface area contributed by atoms with Crippen molar-refractivity contribution in [2.75, 3.05) is 25.9 Å². The molecule has 4 rings (SSSR count). The Morgan fingerprint density at radius 1 is 1.06 bits per heavy atom. The molecule has 1 aromatic heterocycles. The Kier molecular flexibility index (Phi) is 5.84. The first-order chi connectivity index (χ1) is 15.3. The molecule has 0 unspecified atom stereocenters. The van der Waals surface area contributed by atoms with Crippen molar-refractivity contribution in [2.24, 2.45) is 4.99 Å². The number of aromatic hydroxyl groups is 1. The van der Waals surface area contributed by atoms with Gasteiger partial charge in [-0.1, -0.05) is 12.1 Å². The third kappa shape index (κ3) is 4.03. The number of likely N-dealkylation sites (tertiary alicyclic amines) is 1. The van der Waals surface area contributed by atoms with Gasteiger partial charge in [-0.05, 0) is 70.2 Å². The Labute approximate surface area is 187 Å². The lowest BCUT2D eigenvalue weighted by Gasteiger charge is -2.27. The highest BCUT2D eigenvalue weighted by atomic mass is 16.3. The van der Waals surface area contributed by atoms with E-state index < -0.39 is 0 Å². The number of ketones is 1. The van der Waals surface area contributed by atoms with E-state index in [1.807, 2.05) is 18.2 Å². The van der Waals surface area contributed by atoms with Crippen molar-refractivity contribution < 1.29 is 14.7 Å². The Morgan fingerprint density at radius 2 is 1.78 bits per heavy atom. The monoisotopic (exact) mass is 432 g/mol. The molecule has 0 bridgehead atoms. The number of nitrogen functional groups attached to an aromatic ring is 1. The molecule has 1 fully saturated rings. The molecule has 3 aromatic rings. The van der Waals surface area contributed by atoms with Crippen molar-refractivity contribution in [1.29, 1.82) is 0 Å². The Balaban J connectivity index is 2.01. The zero-order chi connectivity index (χ0) is 23.0. The van der Waals surface area contributed by atoms with Crippen LogP contribution < -0.4 is 5.73 Å². The van der Waals surface area contributed by atoms with Gasteiger partial charge in [-0.3, -0.25) is 19.1 Å². The predicted molar refractivity (Wildman–Crippen MR) is 127 cm³/mol. The van der Waals surface area contributed by atoms with Crippen LogP contribution in [0.5, 0.6) is 5.88 Å². The van der Waals surface area contributed by atoms with Crippen molar-refractivity contribution in [2.45, 2.75) is 32.7 Å². The normalized spacial score (nSPS) is 15.9. The minimum Gasteiger partial charge on any atom is -0.494 e. The van der Waals surface area contributed by atoms with Gasteiger partial charge in [0, 0.05) is 29.1 Å². The number of aliphatic imine (C=N–C) groups is 1. The molecule has 1 saturated heterocycles. The number of Topliss-reactive ketones (excluding diaryl/α,β-unsaturated/α-hetero) is 1. The van der Waals surface area contributed by atoms with E-state index in [1.54, 1.807) is 24.3 Å². The molecule has 2 aromatic carbocycles. The van der Waals surface area contributed by atoms with Crippen LogP contribution >= 0.6 is 0 Å². The summed E-state index contributed by atoms with van der Waals surface area (Å²) in [4.78, 5) is 31.8. The van der Waals surface area contributed by atoms with E-state index in [4.69, 9.17) is 10.7 Å². The fourth-order valence-electron chi connectivity index (χ4n) is 4.32. The number of carbonyl (C=O) groups excluding carboxylic acids is 2. The number of aromatic nitrogens is 1. The maximum atomic E-state index is 12.4. The number of piperidine rings is 1. The van der Waals surface area contributed by atoms with E-state index in [0.29, 0.717) is 33.4 Å². The number of fused-ring (bicyclic) bond motifs is 1. The SMILES string of the molecule is CC(=O)c1ccc2c(c1)c(C(=NC1CCN(C)CC1)c1cccc(N)c1)c(O)n2C(C)=O. The first-order valence-corrected chi connectivity index (χ1v) is 10.8. The first-order valence-electron chi connectivity index (χ1n) is 10.8. The van der Waals surface area contributed by atoms with Gasteiger partial charge in [0.05, 0.1) is 22.8 Å². The summed E-state index contributed by atoms with van der Waals surface area (Å²) in [7, 11) is 2.09. The van der Waals surface area contributed by atoms with Crippen LogP contribution in [-0.2, 0) is 0 Å². The molecule has 32 heavy (non-hydrogen) atoms. The van der Waals surface area contributed by atoms with Crippen LogP contribution in [0, 0.1) is 0 Å². The molecule has 1 aliphatic heterocycles. The maximum Gasteiger partial charge on any atom is 0.230 e. The third-order valence-electron chi connectivity index (χ3n) is 6.06. The first kappa shape index (κ1) is 21.8. The lowest BCUT2D eigenvalue weighted by Crippen LogP contribution is -2.32. The lowest BCUT2D eigenvalue weighted by atomic mass is 9.97. The molecule has 3 N–H and O–H groups in total. The Hall–Kier alpha value is -3.45. The van der Waals surface area contributed by atoms with Crippen LogP contribution in [-0.4, -0.2) is 58.2 Å². The van der Waals surface area contributed by atoms with Crippen LogP contribution in [0.1, 0.15) is 53.0 Å². The average molecular weight is 433 g/mol. The quantitative estimate of drug-likeness (QED) is 0.372. The highest BCUT2D eigenvalue weighted by Gasteiger charge is 2.26. The predicted octanol–water partition coefficient (Wildman–Crippen LogP) is 3.72. The number of carbonyl (C=O) groups is 2. The van der Waals surface area contributed by atoms with Gasteiger partial charge >= 0.3 is 0 Å². The van der Waals surface area contributed by atoms with Crippen LogP contribution in [0.3, 0.4) is 0 Å². The highest BCUT2D eigenvalue weighted by molar-refractivity contribution is 6.23. The zero-order valence-electron chi connectivity index (χ0n) is 18.6. The number of nitrogens with zero attached hydrogens (tertiary/aromatic N) is 3. The summed E-state index contributed by atoms with van der Waals surface area (Å²) in [5, 5.41) is 11.8. The second-order valence-electron chi connectivity index (χ2n) is 8.48. The summed E-state index contributed by atoms with van der Waals surface area (Å²) in [6, 6.07) is 12.5. The molecule has 166 valence electrons. The van der Waals surface area contributed by atoms with Gasteiger partial charge in [0.1, 0.15) is 0 Å². The van der Waals surface area contributed by atoms with E-state index in [9.17, 15) is 14.7 Å². The topological polar surface area (TPSA) is 101 Å². The minimum absolute atomic E-state index is 0.0775. The number of nitrogens with two attached hydrogens (primary N) is 1. The molecule has 1 aliphatic rings. The van der Waals surface area contributed by atoms with Gasteiger partial charge in [-0.25, -0.2) is 0 Å². The minimum atomic E-state index is -0.319. The number of anilines is 1. The van der Waals surface area contributed by atoms with Crippen molar-refractivity contribution in [3.05, 3.63) is 59.2 Å². The number of rotatable bonds is 4. The summed E-state index contributed by atoms with van der Waals surface area (Å²) >= 11 is 0. The van der Waals surface area contributed by atoms with Gasteiger partial charge in [0.25, 0.3) is 0 Å². The van der Waals surface area contributed by atoms with Crippen molar-refractivity contribution >= 4 is 34.0 Å². The summed E-state index contributed by atoms with van der Waals surface area (Å²) in [5.74, 6) is -0.589. The molecule has 0 saturated carbocycles. The lowest BCUT2D eigenvalue weighted by molar-refractivity contribution is 0.0932. The van der Waals surface area contributed by atoms with Gasteiger partial charge in [0.2, 0.25) is 11.8 Å². The van der Waals surface area contributed by atoms with E-state index in [1.165, 1.54) is 18.4 Å². The van der Waals surface area contributed by atoms with Gasteiger partial charge in [-0.15, -0.1) is 0 Å². The molecule has 0 radical (unpaired) electrons. The number of hydrogen-bond donors (Lipinski definition) is 2. The molecule has 0 spiro atoms. The van der Waals surface area contributed by atoms with Gasteiger partial charge in [-0.2, -0.15) is 0 Å². The van der Waals surface area contributed by atoms with Crippen LogP contribution in [0.2, 0.25) is 0 Å². The second-order valence-corrected chi connectivity index (χ2v) is 8.48. The Morgan fingerprint density at radius 3 is 2.41 bits per heavy atom. The summed E-state index contributed by atoms with van der Waals surface area (Å²) in [6.45, 7) is 4.77. The maximum absolute atomic E-state index is 12.4. The summed E-state index contributed by atoms with van der Waals surface area (Å²) < 4.78 is 1.27. The molecule has 2 heterocycles. The van der Waals surface area contributed by atoms with Gasteiger partial charge < -0.3 is 15.7 Å². The van der Waals surface area contributed by atoms with Crippen molar-refractivity contribution in [3.8, 4) is 5.88 Å². The standard InChI is InChI=1S/C25H28N4O3/c1-15(30)17-7-8-22-21(14-17)23(25(32)29(22)16(2)31)24(18-5-4-6-19(26)13-18)27-20-9-11-28(3)12-10-20/h4-8,13-14,20,32H,9-12,26H2,1-3H3. The summed E-state index contributed by atoms with van der Waals surface area (Å²) in [6.07, 6.45) is 1.79. The zero-order valence-corrected chi connectivity index (χ0v) is 18.6. The molecule has 0 atom stereocenters. The van der Waals surface area contributed by atoms with E-state index in [0.717, 1.165) is 31.5 Å². The molecule has 7 nitrogen and oxygen atoms in total. The summed E-state index contributed by atoms with van der Waals surface area (Å²) in [5.41, 5.74) is 9.47. The fourth-order valence-corrected chi connectivity index (χ4v) is 4.32. The fraction of sp³-hybridized carbons (Fsp3) is 0.320. The number of hydrogen-bond acceptors (Lipinski definition) is 6. The molecule has 0 aliphatic carbocycles. The van der Waals surface area contributed by atoms with E-state index in [-0.39, 0.29) is 23.6 Å². The van der Waals surface area contributed by atoms with Crippen LogP contribution in [0.4, 0.5) is 5.69 Å².